The fourth-order valence-corrected chi connectivity index (χ4v) is 1.79. The SMILES string of the molecule is CCc1cnc(N2CC[C@H](O)[C@H](O)C2)nc1. The van der Waals surface area contributed by atoms with Crippen molar-refractivity contribution in [1.29, 1.82) is 0 Å². The summed E-state index contributed by atoms with van der Waals surface area (Å²) in [5.41, 5.74) is 1.10. The molecular weight excluding hydrogens is 206 g/mol. The van der Waals surface area contributed by atoms with Crippen molar-refractivity contribution in [2.24, 2.45) is 0 Å². The van der Waals surface area contributed by atoms with Crippen molar-refractivity contribution in [3.8, 4) is 0 Å². The topological polar surface area (TPSA) is 69.5 Å². The lowest BCUT2D eigenvalue weighted by molar-refractivity contribution is 0.00769. The lowest BCUT2D eigenvalue weighted by Gasteiger charge is -2.33. The molecule has 1 aliphatic rings. The summed E-state index contributed by atoms with van der Waals surface area (Å²) in [6.07, 6.45) is 3.76. The van der Waals surface area contributed by atoms with Crippen molar-refractivity contribution < 1.29 is 10.2 Å². The molecule has 16 heavy (non-hydrogen) atoms. The molecule has 2 rings (SSSR count). The Morgan fingerprint density at radius 3 is 2.56 bits per heavy atom. The molecule has 0 radical (unpaired) electrons. The van der Waals surface area contributed by atoms with Crippen LogP contribution in [0.1, 0.15) is 18.9 Å². The second kappa shape index (κ2) is 4.76. The van der Waals surface area contributed by atoms with Gasteiger partial charge in [0.2, 0.25) is 5.95 Å². The first kappa shape index (κ1) is 11.3. The van der Waals surface area contributed by atoms with E-state index in [9.17, 15) is 10.2 Å². The van der Waals surface area contributed by atoms with Crippen LogP contribution in [0.3, 0.4) is 0 Å². The summed E-state index contributed by atoms with van der Waals surface area (Å²) in [5.74, 6) is 0.628. The Balaban J connectivity index is 2.06. The van der Waals surface area contributed by atoms with Gasteiger partial charge in [-0.15, -0.1) is 0 Å². The van der Waals surface area contributed by atoms with Gasteiger partial charge < -0.3 is 15.1 Å². The van der Waals surface area contributed by atoms with Gasteiger partial charge in [0.15, 0.2) is 0 Å². The fourth-order valence-electron chi connectivity index (χ4n) is 1.79. The van der Waals surface area contributed by atoms with Crippen LogP contribution in [0.25, 0.3) is 0 Å². The predicted octanol–water partition coefficient (Wildman–Crippen LogP) is -0.0291. The van der Waals surface area contributed by atoms with Gasteiger partial charge in [-0.2, -0.15) is 0 Å². The first-order chi connectivity index (χ1) is 7.70. The van der Waals surface area contributed by atoms with Crippen LogP contribution in [0, 0.1) is 0 Å². The van der Waals surface area contributed by atoms with E-state index in [1.54, 1.807) is 12.4 Å². The highest BCUT2D eigenvalue weighted by Gasteiger charge is 2.26. The number of β-amino-alcohol motifs (C(OH)–C–C–N with tert-alkyl or cyclic N) is 1. The van der Waals surface area contributed by atoms with E-state index in [-0.39, 0.29) is 0 Å². The number of anilines is 1. The average molecular weight is 223 g/mol. The van der Waals surface area contributed by atoms with Crippen molar-refractivity contribution in [1.82, 2.24) is 9.97 Å². The Labute approximate surface area is 94.8 Å². The maximum absolute atomic E-state index is 9.56. The third-order valence-corrected chi connectivity index (χ3v) is 2.93. The van der Waals surface area contributed by atoms with E-state index in [4.69, 9.17) is 0 Å². The second-order valence-corrected chi connectivity index (χ2v) is 4.11. The lowest BCUT2D eigenvalue weighted by atomic mass is 10.1. The smallest absolute Gasteiger partial charge is 0.225 e. The highest BCUT2D eigenvalue weighted by atomic mass is 16.3. The van der Waals surface area contributed by atoms with E-state index in [0.29, 0.717) is 25.5 Å². The fraction of sp³-hybridized carbons (Fsp3) is 0.636. The molecule has 1 fully saturated rings. The van der Waals surface area contributed by atoms with Crippen LogP contribution in [0.4, 0.5) is 5.95 Å². The molecule has 0 unspecified atom stereocenters. The predicted molar refractivity (Wildman–Crippen MR) is 60.3 cm³/mol. The molecule has 0 aromatic carbocycles. The summed E-state index contributed by atoms with van der Waals surface area (Å²) in [6, 6.07) is 0. The van der Waals surface area contributed by atoms with Gasteiger partial charge in [-0.1, -0.05) is 6.92 Å². The van der Waals surface area contributed by atoms with E-state index >= 15 is 0 Å². The first-order valence-electron chi connectivity index (χ1n) is 5.62. The Hall–Kier alpha value is -1.20. The quantitative estimate of drug-likeness (QED) is 0.737. The van der Waals surface area contributed by atoms with Gasteiger partial charge in [-0.25, -0.2) is 9.97 Å². The van der Waals surface area contributed by atoms with Gasteiger partial charge in [0.1, 0.15) is 0 Å². The summed E-state index contributed by atoms with van der Waals surface area (Å²) < 4.78 is 0. The monoisotopic (exact) mass is 223 g/mol. The van der Waals surface area contributed by atoms with Crippen LogP contribution in [0.15, 0.2) is 12.4 Å². The zero-order valence-electron chi connectivity index (χ0n) is 9.37. The number of hydrogen-bond donors (Lipinski definition) is 2. The highest BCUT2D eigenvalue weighted by Crippen LogP contribution is 2.16. The van der Waals surface area contributed by atoms with Crippen LogP contribution < -0.4 is 4.90 Å². The molecule has 88 valence electrons. The molecule has 5 nitrogen and oxygen atoms in total. The molecule has 1 saturated heterocycles. The minimum atomic E-state index is -0.705. The van der Waals surface area contributed by atoms with Gasteiger partial charge in [-0.3, -0.25) is 0 Å². The highest BCUT2D eigenvalue weighted by molar-refractivity contribution is 5.31. The Kier molecular flexibility index (Phi) is 3.36. The first-order valence-corrected chi connectivity index (χ1v) is 5.62. The largest absolute Gasteiger partial charge is 0.390 e. The van der Waals surface area contributed by atoms with Crippen molar-refractivity contribution in [3.63, 3.8) is 0 Å². The molecule has 1 aromatic rings. The second-order valence-electron chi connectivity index (χ2n) is 4.11. The number of aryl methyl sites for hydroxylation is 1. The normalized spacial score (nSPS) is 25.8. The van der Waals surface area contributed by atoms with Gasteiger partial charge in [0.05, 0.1) is 12.2 Å². The van der Waals surface area contributed by atoms with Crippen LogP contribution in [-0.2, 0) is 6.42 Å². The molecule has 0 amide bonds. The van der Waals surface area contributed by atoms with E-state index in [0.717, 1.165) is 12.0 Å². The molecule has 1 aliphatic heterocycles. The number of piperidine rings is 1. The van der Waals surface area contributed by atoms with E-state index < -0.39 is 12.2 Å². The molecular formula is C11H17N3O2. The minimum absolute atomic E-state index is 0.395. The Morgan fingerprint density at radius 2 is 2.00 bits per heavy atom. The molecule has 0 aliphatic carbocycles. The number of rotatable bonds is 2. The van der Waals surface area contributed by atoms with Crippen molar-refractivity contribution in [2.45, 2.75) is 32.0 Å². The van der Waals surface area contributed by atoms with Gasteiger partial charge in [0, 0.05) is 25.5 Å². The van der Waals surface area contributed by atoms with Gasteiger partial charge in [0.25, 0.3) is 0 Å². The van der Waals surface area contributed by atoms with E-state index in [1.807, 2.05) is 4.90 Å². The molecule has 2 N–H and O–H groups in total. The molecule has 0 spiro atoms. The van der Waals surface area contributed by atoms with Crippen molar-refractivity contribution in [2.75, 3.05) is 18.0 Å². The van der Waals surface area contributed by atoms with Crippen molar-refractivity contribution in [3.05, 3.63) is 18.0 Å². The summed E-state index contributed by atoms with van der Waals surface area (Å²) >= 11 is 0. The Morgan fingerprint density at radius 1 is 1.31 bits per heavy atom. The lowest BCUT2D eigenvalue weighted by Crippen LogP contribution is -2.47. The zero-order valence-corrected chi connectivity index (χ0v) is 9.37. The summed E-state index contributed by atoms with van der Waals surface area (Å²) in [7, 11) is 0. The summed E-state index contributed by atoms with van der Waals surface area (Å²) in [4.78, 5) is 10.4. The maximum atomic E-state index is 9.56. The van der Waals surface area contributed by atoms with Gasteiger partial charge in [-0.05, 0) is 18.4 Å². The van der Waals surface area contributed by atoms with Crippen LogP contribution in [0.5, 0.6) is 0 Å². The van der Waals surface area contributed by atoms with E-state index in [2.05, 4.69) is 16.9 Å². The van der Waals surface area contributed by atoms with Crippen molar-refractivity contribution >= 4 is 5.95 Å². The van der Waals surface area contributed by atoms with Crippen LogP contribution in [0.2, 0.25) is 0 Å². The number of aliphatic hydroxyl groups is 2. The molecule has 2 heterocycles. The Bertz CT molecular complexity index is 342. The third-order valence-electron chi connectivity index (χ3n) is 2.93. The molecule has 2 atom stereocenters. The standard InChI is InChI=1S/C11H17N3O2/c1-2-8-5-12-11(13-6-8)14-4-3-9(15)10(16)7-14/h5-6,9-10,15-16H,2-4,7H2,1H3/t9-,10+/m0/s1. The summed E-state index contributed by atoms with van der Waals surface area (Å²) in [5, 5.41) is 19.0. The zero-order chi connectivity index (χ0) is 11.5. The number of nitrogens with zero attached hydrogens (tertiary/aromatic N) is 3. The van der Waals surface area contributed by atoms with Crippen LogP contribution in [-0.4, -0.2) is 45.5 Å². The van der Waals surface area contributed by atoms with Gasteiger partial charge >= 0.3 is 0 Å². The summed E-state index contributed by atoms with van der Waals surface area (Å²) in [6.45, 7) is 3.13. The van der Waals surface area contributed by atoms with E-state index in [1.165, 1.54) is 0 Å². The minimum Gasteiger partial charge on any atom is -0.390 e. The number of aliphatic hydroxyl groups excluding tert-OH is 2. The van der Waals surface area contributed by atoms with Crippen LogP contribution >= 0.6 is 0 Å². The number of hydrogen-bond acceptors (Lipinski definition) is 5. The average Bonchev–Trinajstić information content (AvgIpc) is 2.33. The molecule has 0 bridgehead atoms. The molecule has 0 saturated carbocycles. The molecule has 5 heteroatoms. The number of aromatic nitrogens is 2. The maximum Gasteiger partial charge on any atom is 0.225 e. The third kappa shape index (κ3) is 2.31. The molecule has 1 aromatic heterocycles.